The first-order valence-corrected chi connectivity index (χ1v) is 13.3. The van der Waals surface area contributed by atoms with E-state index in [2.05, 4.69) is 6.58 Å². The van der Waals surface area contributed by atoms with E-state index in [9.17, 15) is 19.2 Å². The van der Waals surface area contributed by atoms with Gasteiger partial charge in [-0.15, -0.1) is 0 Å². The molecule has 3 aromatic carbocycles. The average Bonchev–Trinajstić information content (AvgIpc) is 3.01. The highest BCUT2D eigenvalue weighted by Gasteiger charge is 2.58. The van der Waals surface area contributed by atoms with E-state index >= 15 is 0 Å². The lowest BCUT2D eigenvalue weighted by molar-refractivity contribution is -0.186. The molecule has 8 heteroatoms. The van der Waals surface area contributed by atoms with Gasteiger partial charge < -0.3 is 18.9 Å². The number of hydrogen-bond acceptors (Lipinski definition) is 8. The molecule has 0 N–H and O–H groups in total. The number of carbonyl (C=O) groups excluding carboxylic acids is 4. The Morgan fingerprint density at radius 1 is 0.610 bits per heavy atom. The SMILES string of the molecule is C=C(CC(C(=O)OCc1ccccc1)(C(=O)OCc1ccccc1)C(=O)OCc1ccccc1)C(=O)OCCCC. The summed E-state index contributed by atoms with van der Waals surface area (Å²) in [5.41, 5.74) is -1.06. The zero-order valence-electron chi connectivity index (χ0n) is 23.1. The predicted octanol–water partition coefficient (Wildman–Crippen LogP) is 5.49. The van der Waals surface area contributed by atoms with E-state index in [1.54, 1.807) is 91.0 Å². The number of rotatable bonds is 15. The Balaban J connectivity index is 1.94. The molecule has 0 aliphatic carbocycles. The minimum atomic E-state index is -2.67. The molecule has 0 bridgehead atoms. The van der Waals surface area contributed by atoms with Crippen molar-refractivity contribution in [1.29, 1.82) is 0 Å². The monoisotopic (exact) mass is 558 g/mol. The van der Waals surface area contributed by atoms with Crippen LogP contribution in [0.2, 0.25) is 0 Å². The molecule has 214 valence electrons. The zero-order valence-corrected chi connectivity index (χ0v) is 23.1. The van der Waals surface area contributed by atoms with Crippen LogP contribution in [0.5, 0.6) is 0 Å². The molecule has 0 aromatic heterocycles. The molecule has 3 rings (SSSR count). The van der Waals surface area contributed by atoms with Gasteiger partial charge in [-0.2, -0.15) is 0 Å². The van der Waals surface area contributed by atoms with E-state index in [0.29, 0.717) is 23.1 Å². The van der Waals surface area contributed by atoms with Crippen molar-refractivity contribution in [2.75, 3.05) is 6.61 Å². The van der Waals surface area contributed by atoms with Crippen molar-refractivity contribution in [2.24, 2.45) is 5.41 Å². The summed E-state index contributed by atoms with van der Waals surface area (Å²) >= 11 is 0. The third-order valence-electron chi connectivity index (χ3n) is 6.18. The van der Waals surface area contributed by atoms with Gasteiger partial charge in [-0.25, -0.2) is 4.79 Å². The molecule has 0 amide bonds. The Bertz CT molecular complexity index is 1170. The molecule has 0 fully saturated rings. The third kappa shape index (κ3) is 8.89. The highest BCUT2D eigenvalue weighted by Crippen LogP contribution is 2.33. The Kier molecular flexibility index (Phi) is 11.8. The van der Waals surface area contributed by atoms with Crippen LogP contribution in [0.4, 0.5) is 0 Å². The highest BCUT2D eigenvalue weighted by atomic mass is 16.6. The first-order valence-electron chi connectivity index (χ1n) is 13.3. The van der Waals surface area contributed by atoms with Gasteiger partial charge in [0.15, 0.2) is 0 Å². The fourth-order valence-corrected chi connectivity index (χ4v) is 3.81. The normalized spacial score (nSPS) is 10.8. The predicted molar refractivity (Wildman–Crippen MR) is 151 cm³/mol. The van der Waals surface area contributed by atoms with Crippen LogP contribution in [-0.4, -0.2) is 30.5 Å². The van der Waals surface area contributed by atoms with Crippen LogP contribution in [0.1, 0.15) is 42.9 Å². The van der Waals surface area contributed by atoms with E-state index < -0.39 is 35.7 Å². The van der Waals surface area contributed by atoms with Gasteiger partial charge in [0.2, 0.25) is 0 Å². The number of unbranched alkanes of at least 4 members (excludes halogenated alkanes) is 1. The molecule has 0 aliphatic heterocycles. The smallest absolute Gasteiger partial charge is 0.335 e. The quantitative estimate of drug-likeness (QED) is 0.0793. The first kappa shape index (κ1) is 30.8. The maximum absolute atomic E-state index is 13.7. The number of ether oxygens (including phenoxy) is 4. The second kappa shape index (κ2) is 15.8. The van der Waals surface area contributed by atoms with Gasteiger partial charge in [0.05, 0.1) is 6.61 Å². The van der Waals surface area contributed by atoms with E-state index in [4.69, 9.17) is 18.9 Å². The van der Waals surface area contributed by atoms with Gasteiger partial charge in [0.25, 0.3) is 5.41 Å². The van der Waals surface area contributed by atoms with Gasteiger partial charge in [-0.1, -0.05) is 111 Å². The van der Waals surface area contributed by atoms with Crippen molar-refractivity contribution < 1.29 is 38.1 Å². The molecule has 3 aromatic rings. The number of benzene rings is 3. The van der Waals surface area contributed by atoms with Crippen LogP contribution >= 0.6 is 0 Å². The van der Waals surface area contributed by atoms with Gasteiger partial charge in [-0.3, -0.25) is 14.4 Å². The lowest BCUT2D eigenvalue weighted by atomic mass is 9.81. The Labute approximate surface area is 239 Å². The molecule has 0 unspecified atom stereocenters. The van der Waals surface area contributed by atoms with Gasteiger partial charge >= 0.3 is 23.9 Å². The van der Waals surface area contributed by atoms with Crippen LogP contribution in [-0.2, 0) is 57.9 Å². The summed E-state index contributed by atoms with van der Waals surface area (Å²) in [6.45, 7) is 5.09. The molecule has 0 spiro atoms. The molecule has 0 aliphatic rings. The summed E-state index contributed by atoms with van der Waals surface area (Å²) in [5.74, 6) is -4.51. The van der Waals surface area contributed by atoms with Crippen molar-refractivity contribution in [2.45, 2.75) is 46.0 Å². The second-order valence-corrected chi connectivity index (χ2v) is 9.36. The van der Waals surface area contributed by atoms with Gasteiger partial charge in [0, 0.05) is 12.0 Å². The Hall–Kier alpha value is -4.72. The first-order chi connectivity index (χ1) is 19.9. The van der Waals surface area contributed by atoms with Crippen molar-refractivity contribution in [3.8, 4) is 0 Å². The highest BCUT2D eigenvalue weighted by molar-refractivity contribution is 6.18. The molecule has 8 nitrogen and oxygen atoms in total. The van der Waals surface area contributed by atoms with Crippen molar-refractivity contribution in [3.63, 3.8) is 0 Å². The summed E-state index contributed by atoms with van der Waals surface area (Å²) in [4.78, 5) is 54.0. The molecular formula is C33H34O8. The van der Waals surface area contributed by atoms with Crippen LogP contribution in [0.25, 0.3) is 0 Å². The number of hydrogen-bond donors (Lipinski definition) is 0. The number of carbonyl (C=O) groups is 4. The van der Waals surface area contributed by atoms with Crippen molar-refractivity contribution in [1.82, 2.24) is 0 Å². The van der Waals surface area contributed by atoms with Gasteiger partial charge in [-0.05, 0) is 23.1 Å². The molecule has 41 heavy (non-hydrogen) atoms. The maximum Gasteiger partial charge on any atom is 0.335 e. The lowest BCUT2D eigenvalue weighted by Gasteiger charge is -2.28. The fourth-order valence-electron chi connectivity index (χ4n) is 3.81. The van der Waals surface area contributed by atoms with Gasteiger partial charge in [0.1, 0.15) is 19.8 Å². The Morgan fingerprint density at radius 3 is 1.32 bits per heavy atom. The van der Waals surface area contributed by atoms with E-state index in [1.807, 2.05) is 6.92 Å². The molecule has 0 saturated carbocycles. The lowest BCUT2D eigenvalue weighted by Crippen LogP contribution is -2.50. The average molecular weight is 559 g/mol. The van der Waals surface area contributed by atoms with Crippen LogP contribution in [0, 0.1) is 5.41 Å². The van der Waals surface area contributed by atoms with E-state index in [-0.39, 0.29) is 32.0 Å². The second-order valence-electron chi connectivity index (χ2n) is 9.36. The molecule has 0 radical (unpaired) electrons. The van der Waals surface area contributed by atoms with E-state index in [0.717, 1.165) is 6.42 Å². The van der Waals surface area contributed by atoms with Crippen molar-refractivity contribution in [3.05, 3.63) is 120 Å². The molecule has 0 atom stereocenters. The molecular weight excluding hydrogens is 524 g/mol. The van der Waals surface area contributed by atoms with Crippen LogP contribution < -0.4 is 0 Å². The molecule has 0 heterocycles. The minimum absolute atomic E-state index is 0.122. The summed E-state index contributed by atoms with van der Waals surface area (Å²) in [6.07, 6.45) is 0.654. The molecule has 0 saturated heterocycles. The van der Waals surface area contributed by atoms with Crippen LogP contribution in [0.3, 0.4) is 0 Å². The standard InChI is InChI=1S/C33H34O8/c1-3-4-20-38-29(34)25(2)21-33(30(35)39-22-26-14-8-5-9-15-26,31(36)40-23-27-16-10-6-11-17-27)32(37)41-24-28-18-12-7-13-19-28/h5-19H,2-4,20-24H2,1H3. The summed E-state index contributed by atoms with van der Waals surface area (Å²) < 4.78 is 21.7. The minimum Gasteiger partial charge on any atom is -0.462 e. The van der Waals surface area contributed by atoms with Crippen LogP contribution in [0.15, 0.2) is 103 Å². The summed E-state index contributed by atoms with van der Waals surface area (Å²) in [5, 5.41) is 0. The number of esters is 4. The Morgan fingerprint density at radius 2 is 0.976 bits per heavy atom. The maximum atomic E-state index is 13.7. The van der Waals surface area contributed by atoms with E-state index in [1.165, 1.54) is 0 Å². The topological polar surface area (TPSA) is 105 Å². The largest absolute Gasteiger partial charge is 0.462 e. The fraction of sp³-hybridized carbons (Fsp3) is 0.273. The third-order valence-corrected chi connectivity index (χ3v) is 6.18. The zero-order chi connectivity index (χ0) is 29.5. The van der Waals surface area contributed by atoms with Crippen molar-refractivity contribution >= 4 is 23.9 Å². The summed E-state index contributed by atoms with van der Waals surface area (Å²) in [7, 11) is 0. The summed E-state index contributed by atoms with van der Waals surface area (Å²) in [6, 6.07) is 26.3.